The summed E-state index contributed by atoms with van der Waals surface area (Å²) in [6.45, 7) is 3.93. The summed E-state index contributed by atoms with van der Waals surface area (Å²) >= 11 is 0. The van der Waals surface area contributed by atoms with Crippen LogP contribution in [0.25, 0.3) is 0 Å². The monoisotopic (exact) mass is 338 g/mol. The fourth-order valence-corrected chi connectivity index (χ4v) is 2.89. The van der Waals surface area contributed by atoms with Gasteiger partial charge in [0.05, 0.1) is 5.69 Å². The third-order valence-electron chi connectivity index (χ3n) is 3.96. The lowest BCUT2D eigenvalue weighted by Gasteiger charge is -2.26. The zero-order valence-corrected chi connectivity index (χ0v) is 13.5. The molecule has 0 radical (unpaired) electrons. The number of rotatable bonds is 4. The summed E-state index contributed by atoms with van der Waals surface area (Å²) in [5.74, 6) is 0.127. The second-order valence-electron chi connectivity index (χ2n) is 5.58. The normalized spacial score (nSPS) is 19.4. The first-order valence-electron chi connectivity index (χ1n) is 7.84. The Hall–Kier alpha value is -3.28. The maximum Gasteiger partial charge on any atom is 0.405 e. The highest BCUT2D eigenvalue weighted by atomic mass is 16.5. The van der Waals surface area contributed by atoms with E-state index in [1.165, 1.54) is 4.90 Å². The van der Waals surface area contributed by atoms with Crippen LogP contribution >= 0.6 is 0 Å². The number of para-hydroxylation sites is 2. The highest BCUT2D eigenvalue weighted by molar-refractivity contribution is 6.01. The van der Waals surface area contributed by atoms with E-state index in [2.05, 4.69) is 11.9 Å². The number of anilines is 1. The molecule has 2 N–H and O–H groups in total. The smallest absolute Gasteiger partial charge is 0.405 e. The number of amides is 2. The number of nitrogens with zero attached hydrogens (tertiary/aromatic N) is 1. The van der Waals surface area contributed by atoms with Gasteiger partial charge in [-0.1, -0.05) is 48.5 Å². The molecule has 0 unspecified atom stereocenters. The summed E-state index contributed by atoms with van der Waals surface area (Å²) in [4.78, 5) is 25.8. The molecule has 0 saturated carbocycles. The van der Waals surface area contributed by atoms with Crippen molar-refractivity contribution in [3.63, 3.8) is 0 Å². The number of benzene rings is 2. The zero-order chi connectivity index (χ0) is 17.8. The fraction of sp³-hybridized carbons (Fsp3) is 0.158. The molecular formula is C19H18N2O4. The first-order chi connectivity index (χ1) is 12.1. The number of nitrogens with one attached hydrogen (secondary N) is 1. The average molecular weight is 338 g/mol. The summed E-state index contributed by atoms with van der Waals surface area (Å²) < 4.78 is 6.08. The largest absolute Gasteiger partial charge is 0.481 e. The van der Waals surface area contributed by atoms with Crippen LogP contribution in [-0.4, -0.2) is 29.7 Å². The first kappa shape index (κ1) is 16.6. The van der Waals surface area contributed by atoms with Crippen LogP contribution in [0.15, 0.2) is 67.3 Å². The summed E-state index contributed by atoms with van der Waals surface area (Å²) in [7, 11) is 0. The molecule has 1 heterocycles. The second kappa shape index (κ2) is 7.09. The van der Waals surface area contributed by atoms with Crippen molar-refractivity contribution < 1.29 is 19.4 Å². The summed E-state index contributed by atoms with van der Waals surface area (Å²) in [6, 6.07) is 15.2. The van der Waals surface area contributed by atoms with E-state index in [1.54, 1.807) is 36.4 Å². The Labute approximate surface area is 145 Å². The number of hydrogen-bond acceptors (Lipinski definition) is 3. The fourth-order valence-electron chi connectivity index (χ4n) is 2.89. The molecule has 1 aliphatic heterocycles. The molecule has 0 aliphatic carbocycles. The van der Waals surface area contributed by atoms with Gasteiger partial charge in [0.25, 0.3) is 5.91 Å². The van der Waals surface area contributed by atoms with E-state index in [-0.39, 0.29) is 12.5 Å². The van der Waals surface area contributed by atoms with Crippen LogP contribution in [0.1, 0.15) is 11.7 Å². The van der Waals surface area contributed by atoms with Gasteiger partial charge in [0.1, 0.15) is 5.75 Å². The van der Waals surface area contributed by atoms with Crippen molar-refractivity contribution in [3.05, 3.63) is 72.8 Å². The van der Waals surface area contributed by atoms with Gasteiger partial charge in [0, 0.05) is 6.54 Å². The van der Waals surface area contributed by atoms with Crippen molar-refractivity contribution in [1.82, 2.24) is 5.32 Å². The van der Waals surface area contributed by atoms with Crippen LogP contribution in [0, 0.1) is 0 Å². The van der Waals surface area contributed by atoms with Crippen LogP contribution in [-0.2, 0) is 4.79 Å². The van der Waals surface area contributed by atoms with E-state index in [9.17, 15) is 14.7 Å². The van der Waals surface area contributed by atoms with Crippen LogP contribution in [0.3, 0.4) is 0 Å². The number of ether oxygens (including phenoxy) is 1. The molecule has 25 heavy (non-hydrogen) atoms. The number of carboxylic acid groups (broad SMARTS) is 1. The Morgan fingerprint density at radius 3 is 2.56 bits per heavy atom. The Morgan fingerprint density at radius 1 is 1.20 bits per heavy atom. The SMILES string of the molecule is C=CCN1C(=O)[C@H](NC(=O)O)[C@H](c2ccccc2)Oc2ccccc21. The lowest BCUT2D eigenvalue weighted by molar-refractivity contribution is -0.122. The predicted molar refractivity (Wildman–Crippen MR) is 93.8 cm³/mol. The number of carbonyl (C=O) groups excluding carboxylic acids is 1. The van der Waals surface area contributed by atoms with Crippen LogP contribution in [0.4, 0.5) is 10.5 Å². The Morgan fingerprint density at radius 2 is 1.88 bits per heavy atom. The third-order valence-corrected chi connectivity index (χ3v) is 3.96. The third kappa shape index (κ3) is 3.33. The van der Waals surface area contributed by atoms with Crippen molar-refractivity contribution in [2.75, 3.05) is 11.4 Å². The Kier molecular flexibility index (Phi) is 4.70. The molecule has 6 nitrogen and oxygen atoms in total. The molecule has 2 atom stereocenters. The number of hydrogen-bond donors (Lipinski definition) is 2. The van der Waals surface area contributed by atoms with Gasteiger partial charge in [-0.25, -0.2) is 4.79 Å². The maximum atomic E-state index is 13.1. The van der Waals surface area contributed by atoms with Crippen LogP contribution in [0.2, 0.25) is 0 Å². The molecule has 0 spiro atoms. The van der Waals surface area contributed by atoms with Crippen molar-refractivity contribution >= 4 is 17.7 Å². The van der Waals surface area contributed by atoms with E-state index in [4.69, 9.17) is 4.74 Å². The Balaban J connectivity index is 2.12. The zero-order valence-electron chi connectivity index (χ0n) is 13.5. The minimum Gasteiger partial charge on any atom is -0.481 e. The topological polar surface area (TPSA) is 78.9 Å². The number of fused-ring (bicyclic) bond motifs is 1. The average Bonchev–Trinajstić information content (AvgIpc) is 2.73. The molecule has 0 fully saturated rings. The van der Waals surface area contributed by atoms with Gasteiger partial charge in [0.2, 0.25) is 0 Å². The van der Waals surface area contributed by atoms with E-state index in [0.29, 0.717) is 17.0 Å². The molecule has 0 bridgehead atoms. The molecule has 0 saturated heterocycles. The molecule has 128 valence electrons. The molecule has 6 heteroatoms. The summed E-state index contributed by atoms with van der Waals surface area (Å²) in [5.41, 5.74) is 1.30. The second-order valence-corrected chi connectivity index (χ2v) is 5.58. The lowest BCUT2D eigenvalue weighted by Crippen LogP contribution is -2.51. The van der Waals surface area contributed by atoms with Crippen molar-refractivity contribution in [2.45, 2.75) is 12.1 Å². The lowest BCUT2D eigenvalue weighted by atomic mass is 10.0. The minimum atomic E-state index is -1.28. The van der Waals surface area contributed by atoms with E-state index >= 15 is 0 Å². The highest BCUT2D eigenvalue weighted by Gasteiger charge is 2.39. The van der Waals surface area contributed by atoms with Gasteiger partial charge < -0.3 is 20.1 Å². The van der Waals surface area contributed by atoms with Crippen molar-refractivity contribution in [1.29, 1.82) is 0 Å². The summed E-state index contributed by atoms with van der Waals surface area (Å²) in [6.07, 6.45) is -0.469. The highest BCUT2D eigenvalue weighted by Crippen LogP contribution is 2.37. The standard InChI is InChI=1S/C19H18N2O4/c1-2-12-21-14-10-6-7-11-15(14)25-17(13-8-4-3-5-9-13)16(18(21)22)20-19(23)24/h2-11,16-17,20H,1,12H2,(H,23,24)/t16-,17+/m1/s1. The van der Waals surface area contributed by atoms with Gasteiger partial charge in [-0.05, 0) is 17.7 Å². The van der Waals surface area contributed by atoms with Crippen molar-refractivity contribution in [2.24, 2.45) is 0 Å². The van der Waals surface area contributed by atoms with Gasteiger partial charge in [-0.3, -0.25) is 4.79 Å². The van der Waals surface area contributed by atoms with Gasteiger partial charge >= 0.3 is 6.09 Å². The molecule has 2 aromatic rings. The van der Waals surface area contributed by atoms with Gasteiger partial charge in [-0.2, -0.15) is 0 Å². The first-order valence-corrected chi connectivity index (χ1v) is 7.84. The molecule has 1 aliphatic rings. The van der Waals surface area contributed by atoms with Crippen LogP contribution in [0.5, 0.6) is 5.75 Å². The quantitative estimate of drug-likeness (QED) is 0.840. The molecule has 0 aromatic heterocycles. The Bertz CT molecular complexity index is 791. The van der Waals surface area contributed by atoms with E-state index in [1.807, 2.05) is 24.3 Å². The van der Waals surface area contributed by atoms with E-state index < -0.39 is 18.2 Å². The molecule has 3 rings (SSSR count). The molecule has 2 aromatic carbocycles. The predicted octanol–water partition coefficient (Wildman–Crippen LogP) is 2.98. The number of carbonyl (C=O) groups is 2. The van der Waals surface area contributed by atoms with Crippen molar-refractivity contribution in [3.8, 4) is 5.75 Å². The van der Waals surface area contributed by atoms with Gasteiger partial charge in [-0.15, -0.1) is 6.58 Å². The molecule has 2 amide bonds. The molecular weight excluding hydrogens is 320 g/mol. The van der Waals surface area contributed by atoms with Gasteiger partial charge in [0.15, 0.2) is 12.1 Å². The van der Waals surface area contributed by atoms with Crippen LogP contribution < -0.4 is 15.0 Å². The van der Waals surface area contributed by atoms with E-state index in [0.717, 1.165) is 0 Å². The minimum absolute atomic E-state index is 0.249. The summed E-state index contributed by atoms with van der Waals surface area (Å²) in [5, 5.41) is 11.5. The maximum absolute atomic E-state index is 13.1.